The van der Waals surface area contributed by atoms with Gasteiger partial charge in [-0.15, -0.1) is 0 Å². The van der Waals surface area contributed by atoms with E-state index in [4.69, 9.17) is 9.84 Å². The molecule has 1 amide bonds. The second-order valence-corrected chi connectivity index (χ2v) is 6.81. The summed E-state index contributed by atoms with van der Waals surface area (Å²) >= 11 is 1.58. The van der Waals surface area contributed by atoms with Crippen molar-refractivity contribution in [2.75, 3.05) is 24.3 Å². The summed E-state index contributed by atoms with van der Waals surface area (Å²) in [5, 5.41) is 11.6. The fourth-order valence-corrected chi connectivity index (χ4v) is 3.39. The van der Waals surface area contributed by atoms with E-state index >= 15 is 0 Å². The van der Waals surface area contributed by atoms with Crippen LogP contribution in [0.5, 0.6) is 0 Å². The highest BCUT2D eigenvalue weighted by Gasteiger charge is 2.17. The zero-order valence-electron chi connectivity index (χ0n) is 13.1. The molecule has 1 saturated heterocycles. The number of ether oxygens (including phenoxy) is 1. The molecular formula is C17H23NO4S. The van der Waals surface area contributed by atoms with Gasteiger partial charge in [0.1, 0.15) is 0 Å². The van der Waals surface area contributed by atoms with E-state index in [1.807, 2.05) is 24.3 Å². The van der Waals surface area contributed by atoms with Crippen LogP contribution in [-0.4, -0.2) is 35.9 Å². The van der Waals surface area contributed by atoms with Crippen LogP contribution in [0.3, 0.4) is 0 Å². The number of hydrogen-bond acceptors (Lipinski definition) is 4. The Hall–Kier alpha value is -1.53. The Balaban J connectivity index is 1.77. The molecule has 1 aliphatic rings. The molecule has 6 heteroatoms. The summed E-state index contributed by atoms with van der Waals surface area (Å²) in [4.78, 5) is 22.6. The Bertz CT molecular complexity index is 529. The second-order valence-electron chi connectivity index (χ2n) is 5.70. The number of nitrogens with one attached hydrogen (secondary N) is 1. The lowest BCUT2D eigenvalue weighted by Gasteiger charge is -2.21. The van der Waals surface area contributed by atoms with Crippen molar-refractivity contribution in [3.63, 3.8) is 0 Å². The van der Waals surface area contributed by atoms with Crippen LogP contribution in [0, 0.1) is 5.92 Å². The third-order valence-corrected chi connectivity index (χ3v) is 4.78. The van der Waals surface area contributed by atoms with Gasteiger partial charge in [0.2, 0.25) is 5.91 Å². The maximum atomic E-state index is 12.1. The van der Waals surface area contributed by atoms with Crippen LogP contribution in [0.1, 0.15) is 31.2 Å². The Labute approximate surface area is 140 Å². The van der Waals surface area contributed by atoms with Gasteiger partial charge in [-0.1, -0.05) is 12.1 Å². The summed E-state index contributed by atoms with van der Waals surface area (Å²) in [6.07, 6.45) is 2.62. The van der Waals surface area contributed by atoms with Crippen molar-refractivity contribution >= 4 is 29.3 Å². The molecule has 2 rings (SSSR count). The predicted octanol–water partition coefficient (Wildman–Crippen LogP) is 3.15. The number of benzene rings is 1. The number of rotatable bonds is 8. The highest BCUT2D eigenvalue weighted by molar-refractivity contribution is 7.98. The number of anilines is 1. The van der Waals surface area contributed by atoms with Gasteiger partial charge < -0.3 is 15.2 Å². The van der Waals surface area contributed by atoms with Gasteiger partial charge in [0, 0.05) is 36.8 Å². The van der Waals surface area contributed by atoms with Gasteiger partial charge in [-0.2, -0.15) is 11.8 Å². The molecule has 5 nitrogen and oxygen atoms in total. The number of carboxylic acids is 1. The molecule has 0 unspecified atom stereocenters. The van der Waals surface area contributed by atoms with E-state index in [2.05, 4.69) is 5.32 Å². The standard InChI is InChI=1S/C17H23NO4S/c19-16(11-13-4-7-22-8-5-13)18-15-3-1-2-14(10-15)12-23-9-6-17(20)21/h1-3,10,13H,4-9,11-12H2,(H,18,19)(H,20,21). The minimum atomic E-state index is -0.772. The molecule has 1 fully saturated rings. The normalized spacial score (nSPS) is 15.3. The summed E-state index contributed by atoms with van der Waals surface area (Å²) in [5.41, 5.74) is 1.89. The highest BCUT2D eigenvalue weighted by Crippen LogP contribution is 2.21. The van der Waals surface area contributed by atoms with E-state index in [1.165, 1.54) is 0 Å². The van der Waals surface area contributed by atoms with Gasteiger partial charge in [-0.05, 0) is 36.5 Å². The molecule has 0 radical (unpaired) electrons. The summed E-state index contributed by atoms with van der Waals surface area (Å²) in [6.45, 7) is 1.50. The van der Waals surface area contributed by atoms with Crippen LogP contribution in [0.2, 0.25) is 0 Å². The first-order chi connectivity index (χ1) is 11.1. The first-order valence-electron chi connectivity index (χ1n) is 7.89. The molecule has 0 saturated carbocycles. The Kier molecular flexibility index (Phi) is 7.42. The number of hydrogen-bond donors (Lipinski definition) is 2. The van der Waals surface area contributed by atoms with Crippen LogP contribution >= 0.6 is 11.8 Å². The lowest BCUT2D eigenvalue weighted by Crippen LogP contribution is -2.22. The van der Waals surface area contributed by atoms with Gasteiger partial charge in [0.15, 0.2) is 0 Å². The van der Waals surface area contributed by atoms with Crippen LogP contribution in [-0.2, 0) is 20.1 Å². The number of carbonyl (C=O) groups excluding carboxylic acids is 1. The fraction of sp³-hybridized carbons (Fsp3) is 0.529. The molecular weight excluding hydrogens is 314 g/mol. The van der Waals surface area contributed by atoms with Crippen molar-refractivity contribution in [1.82, 2.24) is 0 Å². The molecule has 1 aromatic carbocycles. The molecule has 0 aromatic heterocycles. The molecule has 0 atom stereocenters. The highest BCUT2D eigenvalue weighted by atomic mass is 32.2. The van der Waals surface area contributed by atoms with Gasteiger partial charge >= 0.3 is 5.97 Å². The van der Waals surface area contributed by atoms with Gasteiger partial charge in [0.05, 0.1) is 6.42 Å². The van der Waals surface area contributed by atoms with Crippen molar-refractivity contribution < 1.29 is 19.4 Å². The zero-order chi connectivity index (χ0) is 16.5. The molecule has 126 valence electrons. The minimum absolute atomic E-state index is 0.0487. The topological polar surface area (TPSA) is 75.6 Å². The van der Waals surface area contributed by atoms with E-state index < -0.39 is 5.97 Å². The third-order valence-electron chi connectivity index (χ3n) is 3.75. The monoisotopic (exact) mass is 337 g/mol. The van der Waals surface area contributed by atoms with Crippen molar-refractivity contribution in [2.45, 2.75) is 31.4 Å². The summed E-state index contributed by atoms with van der Waals surface area (Å²) in [7, 11) is 0. The smallest absolute Gasteiger partial charge is 0.304 e. The number of carboxylic acid groups (broad SMARTS) is 1. The maximum Gasteiger partial charge on any atom is 0.304 e. The predicted molar refractivity (Wildman–Crippen MR) is 91.6 cm³/mol. The Morgan fingerprint density at radius 1 is 1.30 bits per heavy atom. The molecule has 0 spiro atoms. The van der Waals surface area contributed by atoms with Crippen LogP contribution in [0.15, 0.2) is 24.3 Å². The maximum absolute atomic E-state index is 12.1. The number of carbonyl (C=O) groups is 2. The molecule has 0 bridgehead atoms. The Morgan fingerprint density at radius 3 is 2.83 bits per heavy atom. The number of aliphatic carboxylic acids is 1. The summed E-state index contributed by atoms with van der Waals surface area (Å²) in [6, 6.07) is 7.74. The van der Waals surface area contributed by atoms with Crippen LogP contribution < -0.4 is 5.32 Å². The molecule has 23 heavy (non-hydrogen) atoms. The molecule has 1 aromatic rings. The van der Waals surface area contributed by atoms with E-state index in [0.717, 1.165) is 43.1 Å². The average Bonchev–Trinajstić information content (AvgIpc) is 2.52. The zero-order valence-corrected chi connectivity index (χ0v) is 13.9. The van der Waals surface area contributed by atoms with E-state index in [9.17, 15) is 9.59 Å². The van der Waals surface area contributed by atoms with Gasteiger partial charge in [-0.25, -0.2) is 0 Å². The average molecular weight is 337 g/mol. The lowest BCUT2D eigenvalue weighted by atomic mass is 9.96. The van der Waals surface area contributed by atoms with Crippen molar-refractivity contribution in [2.24, 2.45) is 5.92 Å². The quantitative estimate of drug-likeness (QED) is 0.713. The molecule has 0 aliphatic carbocycles. The second kappa shape index (κ2) is 9.57. The Morgan fingerprint density at radius 2 is 2.09 bits per heavy atom. The molecule has 2 N–H and O–H groups in total. The van der Waals surface area contributed by atoms with Gasteiger partial charge in [0.25, 0.3) is 0 Å². The van der Waals surface area contributed by atoms with E-state index in [0.29, 0.717) is 18.1 Å². The summed E-state index contributed by atoms with van der Waals surface area (Å²) in [5.74, 6) is 1.03. The first-order valence-corrected chi connectivity index (χ1v) is 9.05. The van der Waals surface area contributed by atoms with Crippen molar-refractivity contribution in [3.8, 4) is 0 Å². The third kappa shape index (κ3) is 7.05. The van der Waals surface area contributed by atoms with Crippen molar-refractivity contribution in [3.05, 3.63) is 29.8 Å². The number of thioether (sulfide) groups is 1. The van der Waals surface area contributed by atoms with Crippen LogP contribution in [0.25, 0.3) is 0 Å². The molecule has 1 heterocycles. The number of amides is 1. The summed E-state index contributed by atoms with van der Waals surface area (Å²) < 4.78 is 5.31. The van der Waals surface area contributed by atoms with E-state index in [-0.39, 0.29) is 12.3 Å². The van der Waals surface area contributed by atoms with E-state index in [1.54, 1.807) is 11.8 Å². The van der Waals surface area contributed by atoms with Crippen molar-refractivity contribution in [1.29, 1.82) is 0 Å². The largest absolute Gasteiger partial charge is 0.481 e. The minimum Gasteiger partial charge on any atom is -0.481 e. The lowest BCUT2D eigenvalue weighted by molar-refractivity contribution is -0.136. The molecule has 1 aliphatic heterocycles. The SMILES string of the molecule is O=C(O)CCSCc1cccc(NC(=O)CC2CCOCC2)c1. The fourth-order valence-electron chi connectivity index (χ4n) is 2.51. The van der Waals surface area contributed by atoms with Gasteiger partial charge in [-0.3, -0.25) is 9.59 Å². The first kappa shape index (κ1) is 17.8. The van der Waals surface area contributed by atoms with Crippen LogP contribution in [0.4, 0.5) is 5.69 Å².